The van der Waals surface area contributed by atoms with E-state index in [-0.39, 0.29) is 36.2 Å². The predicted octanol–water partition coefficient (Wildman–Crippen LogP) is 2.59. The summed E-state index contributed by atoms with van der Waals surface area (Å²) in [6.45, 7) is 5.16. The minimum Gasteiger partial charge on any atom is -0.393 e. The van der Waals surface area contributed by atoms with E-state index < -0.39 is 11.5 Å². The van der Waals surface area contributed by atoms with Crippen LogP contribution in [0.15, 0.2) is 24.3 Å². The number of aromatic nitrogens is 1. The van der Waals surface area contributed by atoms with Crippen LogP contribution in [0.3, 0.4) is 0 Å². The topological polar surface area (TPSA) is 97.2 Å². The van der Waals surface area contributed by atoms with Gasteiger partial charge in [0.05, 0.1) is 28.7 Å². The van der Waals surface area contributed by atoms with Crippen LogP contribution in [-0.4, -0.2) is 87.7 Å². The number of benzene rings is 1. The molecule has 3 aliphatic carbocycles. The summed E-state index contributed by atoms with van der Waals surface area (Å²) in [6, 6.07) is 8.45. The van der Waals surface area contributed by atoms with Crippen LogP contribution >= 0.6 is 11.5 Å². The zero-order valence-electron chi connectivity index (χ0n) is 21.9. The second kappa shape index (κ2) is 9.54. The van der Waals surface area contributed by atoms with Gasteiger partial charge in [0.15, 0.2) is 0 Å². The minimum atomic E-state index is -1.20. The Bertz CT molecular complexity index is 1230. The average Bonchev–Trinajstić information content (AvgIpc) is 3.68. The first-order chi connectivity index (χ1) is 18.5. The number of carbonyl (C=O) groups excluding carboxylic acids is 2. The molecule has 2 amide bonds. The van der Waals surface area contributed by atoms with E-state index in [0.29, 0.717) is 31.2 Å². The van der Waals surface area contributed by atoms with Crippen LogP contribution in [0.5, 0.6) is 0 Å². The van der Waals surface area contributed by atoms with E-state index in [2.05, 4.69) is 34.1 Å². The van der Waals surface area contributed by atoms with Crippen molar-refractivity contribution in [1.82, 2.24) is 14.2 Å². The molecule has 2 aromatic rings. The van der Waals surface area contributed by atoms with E-state index in [1.54, 1.807) is 16.4 Å². The Morgan fingerprint density at radius 1 is 0.974 bits per heavy atom. The quantitative estimate of drug-likeness (QED) is 0.546. The van der Waals surface area contributed by atoms with Gasteiger partial charge in [0.2, 0.25) is 11.8 Å². The van der Waals surface area contributed by atoms with Gasteiger partial charge in [-0.1, -0.05) is 25.0 Å². The van der Waals surface area contributed by atoms with E-state index in [0.717, 1.165) is 57.8 Å². The van der Waals surface area contributed by atoms with Gasteiger partial charge in [0.25, 0.3) is 0 Å². The molecule has 2 saturated heterocycles. The fraction of sp³-hybridized carbons (Fsp3) is 0.690. The third-order valence-corrected chi connectivity index (χ3v) is 11.4. The lowest BCUT2D eigenvalue weighted by Gasteiger charge is -2.40. The van der Waals surface area contributed by atoms with E-state index in [4.69, 9.17) is 4.37 Å². The molecule has 5 fully saturated rings. The van der Waals surface area contributed by atoms with Crippen LogP contribution in [0.4, 0.5) is 5.82 Å². The molecule has 9 heteroatoms. The third-order valence-electron chi connectivity index (χ3n) is 10.6. The molecule has 3 saturated carbocycles. The SMILES string of the molecule is O=C1[C@@H]2[C@H]3C[C@H]([C@@H]2C(=O)N1C[C@@H]1CCCC[C@H]1CN1CCN(c2nsc4ccccc24)CC1)C(O)(CO)C3. The first-order valence-electron chi connectivity index (χ1n) is 14.5. The lowest BCUT2D eigenvalue weighted by Crippen LogP contribution is -2.50. The van der Waals surface area contributed by atoms with Crippen molar-refractivity contribution in [3.63, 3.8) is 0 Å². The number of rotatable bonds is 6. The van der Waals surface area contributed by atoms with Gasteiger partial charge in [-0.15, -0.1) is 0 Å². The Kier molecular flexibility index (Phi) is 6.26. The van der Waals surface area contributed by atoms with Crippen molar-refractivity contribution in [1.29, 1.82) is 0 Å². The van der Waals surface area contributed by atoms with Crippen LogP contribution < -0.4 is 4.90 Å². The number of carbonyl (C=O) groups is 2. The summed E-state index contributed by atoms with van der Waals surface area (Å²) in [5.74, 6) is 0.862. The van der Waals surface area contributed by atoms with Crippen molar-refractivity contribution in [2.24, 2.45) is 35.5 Å². The summed E-state index contributed by atoms with van der Waals surface area (Å²) < 4.78 is 5.98. The maximum Gasteiger partial charge on any atom is 0.233 e. The smallest absolute Gasteiger partial charge is 0.233 e. The Morgan fingerprint density at radius 2 is 1.68 bits per heavy atom. The van der Waals surface area contributed by atoms with Crippen molar-refractivity contribution in [2.75, 3.05) is 50.8 Å². The van der Waals surface area contributed by atoms with Gasteiger partial charge in [0.1, 0.15) is 5.82 Å². The molecule has 2 N–H and O–H groups in total. The van der Waals surface area contributed by atoms with Crippen LogP contribution in [0.25, 0.3) is 10.1 Å². The van der Waals surface area contributed by atoms with Gasteiger partial charge >= 0.3 is 0 Å². The molecule has 2 aliphatic heterocycles. The van der Waals surface area contributed by atoms with Gasteiger partial charge in [-0.3, -0.25) is 19.4 Å². The standard InChI is InChI=1S/C29H38N4O4S/c34-17-29(37)14-20-13-22(29)25-24(20)27(35)33(28(25)36)16-19-6-2-1-5-18(19)15-31-9-11-32(12-10-31)26-21-7-3-4-8-23(21)38-30-26/h3-4,7-8,18-20,22,24-25,34,37H,1-2,5-6,9-17H2/t18-,19-,20-,22+,24+,25-,29?/m0/s1. The van der Waals surface area contributed by atoms with Crippen molar-refractivity contribution in [2.45, 2.75) is 44.1 Å². The summed E-state index contributed by atoms with van der Waals surface area (Å²) in [4.78, 5) is 33.5. The molecular weight excluding hydrogens is 500 g/mol. The number of imide groups is 1. The van der Waals surface area contributed by atoms with Crippen molar-refractivity contribution >= 4 is 39.3 Å². The number of hydrogen-bond acceptors (Lipinski definition) is 8. The fourth-order valence-electron chi connectivity index (χ4n) is 8.62. The molecule has 2 bridgehead atoms. The number of amides is 2. The summed E-state index contributed by atoms with van der Waals surface area (Å²) >= 11 is 1.57. The van der Waals surface area contributed by atoms with E-state index in [1.807, 2.05) is 0 Å². The van der Waals surface area contributed by atoms with Gasteiger partial charge in [-0.25, -0.2) is 0 Å². The normalized spacial score (nSPS) is 37.5. The molecular formula is C29H38N4O4S. The largest absolute Gasteiger partial charge is 0.393 e. The summed E-state index contributed by atoms with van der Waals surface area (Å²) in [5, 5.41) is 21.9. The highest BCUT2D eigenvalue weighted by Gasteiger charge is 2.68. The summed E-state index contributed by atoms with van der Waals surface area (Å²) in [6.07, 6.45) is 5.72. The summed E-state index contributed by atoms with van der Waals surface area (Å²) in [5.41, 5.74) is -1.20. The lowest BCUT2D eigenvalue weighted by molar-refractivity contribution is -0.143. The molecule has 5 aliphatic rings. The van der Waals surface area contributed by atoms with Crippen LogP contribution in [-0.2, 0) is 9.59 Å². The third kappa shape index (κ3) is 3.92. The van der Waals surface area contributed by atoms with Crippen LogP contribution in [0.1, 0.15) is 38.5 Å². The predicted molar refractivity (Wildman–Crippen MR) is 146 cm³/mol. The zero-order valence-corrected chi connectivity index (χ0v) is 22.7. The minimum absolute atomic E-state index is 0.0130. The molecule has 7 rings (SSSR count). The van der Waals surface area contributed by atoms with E-state index in [9.17, 15) is 19.8 Å². The molecule has 204 valence electrons. The van der Waals surface area contributed by atoms with Crippen molar-refractivity contribution in [3.05, 3.63) is 24.3 Å². The second-order valence-corrected chi connectivity index (χ2v) is 13.3. The molecule has 1 unspecified atom stereocenters. The number of likely N-dealkylation sites (tertiary alicyclic amines) is 1. The zero-order chi connectivity index (χ0) is 26.0. The fourth-order valence-corrected chi connectivity index (χ4v) is 9.41. The maximum atomic E-state index is 13.5. The molecule has 0 spiro atoms. The van der Waals surface area contributed by atoms with Gasteiger partial charge in [-0.2, -0.15) is 4.37 Å². The number of fused-ring (bicyclic) bond motifs is 6. The first kappa shape index (κ1) is 24.9. The van der Waals surface area contributed by atoms with Crippen molar-refractivity contribution < 1.29 is 19.8 Å². The Balaban J connectivity index is 0.991. The number of nitrogens with zero attached hydrogens (tertiary/aromatic N) is 4. The van der Waals surface area contributed by atoms with Gasteiger partial charge in [-0.05, 0) is 67.1 Å². The average molecular weight is 539 g/mol. The molecule has 1 aromatic heterocycles. The first-order valence-corrected chi connectivity index (χ1v) is 15.2. The number of aliphatic hydroxyl groups excluding tert-OH is 1. The molecule has 8 nitrogen and oxygen atoms in total. The van der Waals surface area contributed by atoms with Crippen LogP contribution in [0.2, 0.25) is 0 Å². The molecule has 0 radical (unpaired) electrons. The molecule has 3 heterocycles. The van der Waals surface area contributed by atoms with E-state index in [1.165, 1.54) is 16.5 Å². The Hall–Kier alpha value is -2.07. The maximum absolute atomic E-state index is 13.5. The lowest BCUT2D eigenvalue weighted by atomic mass is 9.73. The number of piperazine rings is 1. The van der Waals surface area contributed by atoms with Crippen LogP contribution in [0, 0.1) is 35.5 Å². The van der Waals surface area contributed by atoms with Gasteiger partial charge < -0.3 is 15.1 Å². The Morgan fingerprint density at radius 3 is 2.45 bits per heavy atom. The second-order valence-electron chi connectivity index (χ2n) is 12.5. The number of anilines is 1. The van der Waals surface area contributed by atoms with Gasteiger partial charge in [0, 0.05) is 50.6 Å². The highest BCUT2D eigenvalue weighted by Crippen LogP contribution is 2.60. The molecule has 38 heavy (non-hydrogen) atoms. The molecule has 7 atom stereocenters. The van der Waals surface area contributed by atoms with E-state index >= 15 is 0 Å². The highest BCUT2D eigenvalue weighted by atomic mass is 32.1. The Labute approximate surface area is 227 Å². The number of aliphatic hydroxyl groups is 2. The number of hydrogen-bond donors (Lipinski definition) is 2. The monoisotopic (exact) mass is 538 g/mol. The summed E-state index contributed by atoms with van der Waals surface area (Å²) in [7, 11) is 0. The molecule has 1 aromatic carbocycles. The highest BCUT2D eigenvalue weighted by molar-refractivity contribution is 7.13. The van der Waals surface area contributed by atoms with Crippen molar-refractivity contribution in [3.8, 4) is 0 Å².